The number of carbonyl (C=O) groups is 2. The molecule has 0 aliphatic rings. The molecule has 0 fully saturated rings. The van der Waals surface area contributed by atoms with Gasteiger partial charge in [0.25, 0.3) is 0 Å². The zero-order valence-corrected chi connectivity index (χ0v) is 12.3. The molecule has 0 unspecified atom stereocenters. The number of methoxy groups -OCH3 is 1. The summed E-state index contributed by atoms with van der Waals surface area (Å²) in [6.07, 6.45) is 0.704. The third-order valence-corrected chi connectivity index (χ3v) is 3.27. The monoisotopic (exact) mass is 300 g/mol. The number of phenols is 1. The Morgan fingerprint density at radius 1 is 1.27 bits per heavy atom. The Bertz CT molecular complexity index is 692. The van der Waals surface area contributed by atoms with Gasteiger partial charge in [-0.1, -0.05) is 18.2 Å². The number of benzene rings is 2. The van der Waals surface area contributed by atoms with Gasteiger partial charge in [-0.05, 0) is 19.1 Å². The summed E-state index contributed by atoms with van der Waals surface area (Å²) in [6.45, 7) is 1.66. The lowest BCUT2D eigenvalue weighted by Gasteiger charge is -2.16. The Morgan fingerprint density at radius 3 is 2.55 bits per heavy atom. The Balaban J connectivity index is 2.44. The van der Waals surface area contributed by atoms with Gasteiger partial charge in [-0.25, -0.2) is 4.79 Å². The Hall–Kier alpha value is -2.82. The fraction of sp³-hybridized carbons (Fsp3) is 0.176. The zero-order chi connectivity index (χ0) is 16.1. The van der Waals surface area contributed by atoms with Crippen molar-refractivity contribution in [2.45, 2.75) is 13.3 Å². The molecule has 0 amide bonds. The van der Waals surface area contributed by atoms with Gasteiger partial charge in [0.2, 0.25) is 0 Å². The van der Waals surface area contributed by atoms with Crippen LogP contribution in [0.4, 0.5) is 0 Å². The summed E-state index contributed by atoms with van der Waals surface area (Å²) in [7, 11) is 1.43. The fourth-order valence-corrected chi connectivity index (χ4v) is 2.15. The van der Waals surface area contributed by atoms with Crippen molar-refractivity contribution in [2.24, 2.45) is 0 Å². The molecule has 0 radical (unpaired) electrons. The van der Waals surface area contributed by atoms with Crippen LogP contribution in [0.2, 0.25) is 0 Å². The lowest BCUT2D eigenvalue weighted by molar-refractivity contribution is -0.107. The first-order chi connectivity index (χ1) is 10.6. The van der Waals surface area contributed by atoms with Crippen molar-refractivity contribution in [2.75, 3.05) is 7.11 Å². The van der Waals surface area contributed by atoms with Gasteiger partial charge < -0.3 is 19.4 Å². The first kappa shape index (κ1) is 15.6. The second kappa shape index (κ2) is 6.76. The molecule has 5 nitrogen and oxygen atoms in total. The maximum atomic E-state index is 12.1. The minimum Gasteiger partial charge on any atom is -0.507 e. The predicted molar refractivity (Wildman–Crippen MR) is 80.6 cm³/mol. The lowest BCUT2D eigenvalue weighted by Crippen LogP contribution is -2.11. The van der Waals surface area contributed by atoms with Crippen molar-refractivity contribution >= 4 is 12.3 Å². The molecule has 0 aliphatic carbocycles. The summed E-state index contributed by atoms with van der Waals surface area (Å²) in [5.41, 5.74) is 1.29. The summed E-state index contributed by atoms with van der Waals surface area (Å²) in [5, 5.41) is 9.93. The Labute approximate surface area is 128 Å². The quantitative estimate of drug-likeness (QED) is 0.522. The zero-order valence-electron chi connectivity index (χ0n) is 12.3. The van der Waals surface area contributed by atoms with Gasteiger partial charge in [-0.2, -0.15) is 0 Å². The molecule has 0 aliphatic heterocycles. The average Bonchev–Trinajstić information content (AvgIpc) is 2.53. The van der Waals surface area contributed by atoms with Gasteiger partial charge in [0.1, 0.15) is 23.5 Å². The summed E-state index contributed by atoms with van der Waals surface area (Å²) >= 11 is 0. The first-order valence-corrected chi connectivity index (χ1v) is 6.68. The van der Waals surface area contributed by atoms with Crippen LogP contribution in [0.25, 0.3) is 0 Å². The number of hydrogen-bond donors (Lipinski definition) is 1. The minimum atomic E-state index is -0.571. The highest BCUT2D eigenvalue weighted by molar-refractivity contribution is 5.91. The van der Waals surface area contributed by atoms with E-state index in [2.05, 4.69) is 0 Å². The van der Waals surface area contributed by atoms with E-state index in [1.807, 2.05) is 0 Å². The molecular formula is C17H16O5. The van der Waals surface area contributed by atoms with E-state index in [4.69, 9.17) is 9.47 Å². The summed E-state index contributed by atoms with van der Waals surface area (Å²) < 4.78 is 10.6. The van der Waals surface area contributed by atoms with E-state index in [0.717, 1.165) is 0 Å². The van der Waals surface area contributed by atoms with Crippen molar-refractivity contribution in [3.8, 4) is 17.2 Å². The van der Waals surface area contributed by atoms with E-state index in [1.165, 1.54) is 13.2 Å². The standard InChI is InChI=1S/C17H16O5/c1-11-14(19)10-15(13(8-9-18)16(11)21-2)22-17(20)12-6-4-3-5-7-12/h3-7,9-10,19H,8H2,1-2H3. The molecule has 2 aromatic rings. The Morgan fingerprint density at radius 2 is 1.95 bits per heavy atom. The van der Waals surface area contributed by atoms with Crippen molar-refractivity contribution in [1.82, 2.24) is 0 Å². The molecule has 114 valence electrons. The van der Waals surface area contributed by atoms with Gasteiger partial charge in [0.05, 0.1) is 12.7 Å². The molecule has 1 N–H and O–H groups in total. The highest BCUT2D eigenvalue weighted by Gasteiger charge is 2.19. The summed E-state index contributed by atoms with van der Waals surface area (Å²) in [4.78, 5) is 23.0. The molecule has 0 aromatic heterocycles. The van der Waals surface area contributed by atoms with Gasteiger partial charge in [-0.3, -0.25) is 0 Å². The molecule has 0 atom stereocenters. The van der Waals surface area contributed by atoms with Gasteiger partial charge in [0.15, 0.2) is 0 Å². The minimum absolute atomic E-state index is 0.0156. The molecular weight excluding hydrogens is 284 g/mol. The Kier molecular flexibility index (Phi) is 4.78. The van der Waals surface area contributed by atoms with E-state index in [1.54, 1.807) is 37.3 Å². The van der Waals surface area contributed by atoms with Crippen molar-refractivity contribution in [3.05, 3.63) is 53.1 Å². The molecule has 5 heteroatoms. The lowest BCUT2D eigenvalue weighted by atomic mass is 10.0. The molecule has 0 bridgehead atoms. The van der Waals surface area contributed by atoms with Crippen LogP contribution >= 0.6 is 0 Å². The number of carbonyl (C=O) groups excluding carboxylic acids is 2. The summed E-state index contributed by atoms with van der Waals surface area (Å²) in [6, 6.07) is 9.78. The van der Waals surface area contributed by atoms with Crippen LogP contribution in [0, 0.1) is 6.92 Å². The van der Waals surface area contributed by atoms with Crippen molar-refractivity contribution in [3.63, 3.8) is 0 Å². The van der Waals surface area contributed by atoms with Crippen LogP contribution in [-0.4, -0.2) is 24.5 Å². The molecule has 0 spiro atoms. The van der Waals surface area contributed by atoms with Crippen LogP contribution in [0.5, 0.6) is 17.2 Å². The van der Waals surface area contributed by atoms with Crippen molar-refractivity contribution in [1.29, 1.82) is 0 Å². The molecule has 2 aromatic carbocycles. The van der Waals surface area contributed by atoms with E-state index in [0.29, 0.717) is 28.7 Å². The van der Waals surface area contributed by atoms with Crippen LogP contribution < -0.4 is 9.47 Å². The van der Waals surface area contributed by atoms with Crippen LogP contribution in [0.3, 0.4) is 0 Å². The van der Waals surface area contributed by atoms with E-state index in [-0.39, 0.29) is 17.9 Å². The predicted octanol–water partition coefficient (Wildman–Crippen LogP) is 2.67. The van der Waals surface area contributed by atoms with Crippen LogP contribution in [0.15, 0.2) is 36.4 Å². The number of ether oxygens (including phenoxy) is 2. The normalized spacial score (nSPS) is 10.1. The SMILES string of the molecule is COc1c(C)c(O)cc(OC(=O)c2ccccc2)c1CC=O. The number of rotatable bonds is 5. The highest BCUT2D eigenvalue weighted by atomic mass is 16.5. The second-order valence-electron chi connectivity index (χ2n) is 4.66. The average molecular weight is 300 g/mol. The van der Waals surface area contributed by atoms with Crippen LogP contribution in [0.1, 0.15) is 21.5 Å². The first-order valence-electron chi connectivity index (χ1n) is 6.68. The molecule has 2 rings (SSSR count). The van der Waals surface area contributed by atoms with Gasteiger partial charge >= 0.3 is 5.97 Å². The number of phenolic OH excluding ortho intramolecular Hbond substituents is 1. The number of hydrogen-bond acceptors (Lipinski definition) is 5. The second-order valence-corrected chi connectivity index (χ2v) is 4.66. The highest BCUT2D eigenvalue weighted by Crippen LogP contribution is 2.38. The smallest absolute Gasteiger partial charge is 0.343 e. The molecule has 0 saturated heterocycles. The molecule has 0 heterocycles. The van der Waals surface area contributed by atoms with Gasteiger partial charge in [0, 0.05) is 23.6 Å². The number of esters is 1. The van der Waals surface area contributed by atoms with Gasteiger partial charge in [-0.15, -0.1) is 0 Å². The molecule has 22 heavy (non-hydrogen) atoms. The maximum absolute atomic E-state index is 12.1. The van der Waals surface area contributed by atoms with E-state index >= 15 is 0 Å². The van der Waals surface area contributed by atoms with Crippen LogP contribution in [-0.2, 0) is 11.2 Å². The van der Waals surface area contributed by atoms with Crippen molar-refractivity contribution < 1.29 is 24.2 Å². The topological polar surface area (TPSA) is 72.8 Å². The fourth-order valence-electron chi connectivity index (χ4n) is 2.15. The number of aldehydes is 1. The van der Waals surface area contributed by atoms with E-state index in [9.17, 15) is 14.7 Å². The maximum Gasteiger partial charge on any atom is 0.343 e. The third-order valence-electron chi connectivity index (χ3n) is 3.27. The van der Waals surface area contributed by atoms with E-state index < -0.39 is 5.97 Å². The number of aromatic hydroxyl groups is 1. The summed E-state index contributed by atoms with van der Waals surface area (Å²) in [5.74, 6) is -0.190. The largest absolute Gasteiger partial charge is 0.507 e. The third kappa shape index (κ3) is 3.09. The molecule has 0 saturated carbocycles.